The van der Waals surface area contributed by atoms with Crippen molar-refractivity contribution in [1.29, 1.82) is 0 Å². The summed E-state index contributed by atoms with van der Waals surface area (Å²) >= 11 is 0. The number of rotatable bonds is 5. The average Bonchev–Trinajstić information content (AvgIpc) is 3.52. The van der Waals surface area contributed by atoms with Gasteiger partial charge in [-0.2, -0.15) is 0 Å². The van der Waals surface area contributed by atoms with Gasteiger partial charge in [0.15, 0.2) is 22.8 Å². The third kappa shape index (κ3) is 3.55. The minimum Gasteiger partial charge on any atom is -0.497 e. The molecule has 3 aromatic carbocycles. The normalized spacial score (nSPS) is 12.6. The van der Waals surface area contributed by atoms with Gasteiger partial charge in [0.1, 0.15) is 23.0 Å². The van der Waals surface area contributed by atoms with Gasteiger partial charge < -0.3 is 18.8 Å². The van der Waals surface area contributed by atoms with E-state index in [1.54, 1.807) is 18.0 Å². The molecule has 0 amide bonds. The quantitative estimate of drug-likeness (QED) is 0.358. The van der Waals surface area contributed by atoms with Crippen LogP contribution in [0.5, 0.6) is 17.2 Å². The fourth-order valence-electron chi connectivity index (χ4n) is 4.75. The number of para-hydroxylation sites is 2. The average molecular weight is 492 g/mol. The predicted octanol–water partition coefficient (Wildman–Crippen LogP) is 4.13. The third-order valence-corrected chi connectivity index (χ3v) is 6.61. The molecule has 0 fully saturated rings. The van der Waals surface area contributed by atoms with E-state index in [0.717, 1.165) is 27.9 Å². The Bertz CT molecular complexity index is 1870. The molecule has 6 aromatic rings. The summed E-state index contributed by atoms with van der Waals surface area (Å²) in [6.07, 6.45) is 1.58. The van der Waals surface area contributed by atoms with Crippen molar-refractivity contribution in [2.75, 3.05) is 13.9 Å². The van der Waals surface area contributed by atoms with Gasteiger partial charge in [0.25, 0.3) is 5.56 Å². The van der Waals surface area contributed by atoms with Crippen LogP contribution >= 0.6 is 0 Å². The van der Waals surface area contributed by atoms with Crippen LogP contribution < -0.4 is 19.8 Å². The first kappa shape index (κ1) is 21.4. The smallest absolute Gasteiger partial charge is 0.265 e. The summed E-state index contributed by atoms with van der Waals surface area (Å²) in [7, 11) is 1.64. The summed E-state index contributed by atoms with van der Waals surface area (Å²) < 4.78 is 19.7. The summed E-state index contributed by atoms with van der Waals surface area (Å²) in [4.78, 5) is 28.3. The maximum absolute atomic E-state index is 13.8. The molecule has 0 N–H and O–H groups in total. The van der Waals surface area contributed by atoms with E-state index in [1.807, 2.05) is 71.3 Å². The van der Waals surface area contributed by atoms with Gasteiger partial charge >= 0.3 is 0 Å². The van der Waals surface area contributed by atoms with Gasteiger partial charge in [-0.25, -0.2) is 15.0 Å². The Labute approximate surface area is 210 Å². The van der Waals surface area contributed by atoms with E-state index >= 15 is 0 Å². The fourth-order valence-corrected chi connectivity index (χ4v) is 4.75. The number of nitrogens with zero attached hydrogens (tertiary/aromatic N) is 5. The summed E-state index contributed by atoms with van der Waals surface area (Å²) in [5.74, 6) is 2.16. The molecule has 37 heavy (non-hydrogen) atoms. The predicted molar refractivity (Wildman–Crippen MR) is 138 cm³/mol. The minimum atomic E-state index is -0.175. The van der Waals surface area contributed by atoms with Gasteiger partial charge in [-0.05, 0) is 47.5 Å². The van der Waals surface area contributed by atoms with Gasteiger partial charge in [-0.1, -0.05) is 30.3 Å². The van der Waals surface area contributed by atoms with E-state index in [-0.39, 0.29) is 12.4 Å². The van der Waals surface area contributed by atoms with Crippen molar-refractivity contribution < 1.29 is 14.2 Å². The first-order chi connectivity index (χ1) is 18.2. The number of hydrogen-bond donors (Lipinski definition) is 0. The van der Waals surface area contributed by atoms with Gasteiger partial charge in [0, 0.05) is 0 Å². The number of hydrogen-bond acceptors (Lipinski definition) is 7. The Morgan fingerprint density at radius 2 is 1.62 bits per heavy atom. The molecule has 0 bridgehead atoms. The lowest BCUT2D eigenvalue weighted by atomic mass is 10.2. The first-order valence-corrected chi connectivity index (χ1v) is 11.8. The standard InChI is InChI=1S/C28H21N5O4/c1-35-19-9-6-17(7-10-19)14-33-26-24(25-27(33)31-21-5-3-2-4-20(21)30-25)28(34)32(15-29-26)13-18-8-11-22-23(12-18)37-16-36-22/h2-12,15H,13-14,16H2,1H3. The van der Waals surface area contributed by atoms with E-state index in [1.165, 1.54) is 0 Å². The van der Waals surface area contributed by atoms with Gasteiger partial charge in [-0.15, -0.1) is 0 Å². The second-order valence-corrected chi connectivity index (χ2v) is 8.88. The molecule has 0 spiro atoms. The second-order valence-electron chi connectivity index (χ2n) is 8.88. The Morgan fingerprint density at radius 3 is 2.43 bits per heavy atom. The molecular weight excluding hydrogens is 470 g/mol. The van der Waals surface area contributed by atoms with Crippen molar-refractivity contribution >= 4 is 33.2 Å². The van der Waals surface area contributed by atoms with E-state index in [4.69, 9.17) is 29.2 Å². The Kier molecular flexibility index (Phi) is 4.81. The molecule has 7 rings (SSSR count). The van der Waals surface area contributed by atoms with Crippen LogP contribution in [-0.2, 0) is 13.1 Å². The van der Waals surface area contributed by atoms with Crippen LogP contribution in [-0.4, -0.2) is 38.0 Å². The highest BCUT2D eigenvalue weighted by Gasteiger charge is 2.21. The first-order valence-electron chi connectivity index (χ1n) is 11.8. The molecule has 1 aliphatic rings. The van der Waals surface area contributed by atoms with Crippen LogP contribution in [0.15, 0.2) is 77.9 Å². The molecular formula is C28H21N5O4. The molecule has 9 nitrogen and oxygen atoms in total. The van der Waals surface area contributed by atoms with Gasteiger partial charge in [0.05, 0.1) is 31.2 Å². The summed E-state index contributed by atoms with van der Waals surface area (Å²) in [5.41, 5.74) is 4.96. The van der Waals surface area contributed by atoms with Crippen molar-refractivity contribution in [2.45, 2.75) is 13.1 Å². The van der Waals surface area contributed by atoms with Crippen molar-refractivity contribution in [2.24, 2.45) is 0 Å². The Balaban J connectivity index is 1.41. The molecule has 0 radical (unpaired) electrons. The molecule has 0 atom stereocenters. The monoisotopic (exact) mass is 491 g/mol. The van der Waals surface area contributed by atoms with Crippen LogP contribution in [0.1, 0.15) is 11.1 Å². The van der Waals surface area contributed by atoms with E-state index in [9.17, 15) is 4.79 Å². The number of aromatic nitrogens is 5. The number of fused-ring (bicyclic) bond motifs is 5. The van der Waals surface area contributed by atoms with E-state index < -0.39 is 0 Å². The Morgan fingerprint density at radius 1 is 0.865 bits per heavy atom. The number of ether oxygens (including phenoxy) is 3. The van der Waals surface area contributed by atoms with Crippen LogP contribution in [0.3, 0.4) is 0 Å². The van der Waals surface area contributed by atoms with Crippen LogP contribution in [0.4, 0.5) is 0 Å². The van der Waals surface area contributed by atoms with Crippen molar-refractivity contribution in [3.63, 3.8) is 0 Å². The van der Waals surface area contributed by atoms with Crippen LogP contribution in [0, 0.1) is 0 Å². The summed E-state index contributed by atoms with van der Waals surface area (Å²) in [6, 6.07) is 21.1. The number of methoxy groups -OCH3 is 1. The number of benzene rings is 3. The van der Waals surface area contributed by atoms with Crippen LogP contribution in [0.2, 0.25) is 0 Å². The molecule has 0 unspecified atom stereocenters. The largest absolute Gasteiger partial charge is 0.497 e. The molecule has 3 aromatic heterocycles. The summed E-state index contributed by atoms with van der Waals surface area (Å²) in [6.45, 7) is 1.02. The topological polar surface area (TPSA) is 93.3 Å². The van der Waals surface area contributed by atoms with Crippen molar-refractivity contribution in [3.8, 4) is 17.2 Å². The maximum Gasteiger partial charge on any atom is 0.265 e. The molecule has 4 heterocycles. The lowest BCUT2D eigenvalue weighted by molar-refractivity contribution is 0.174. The zero-order valence-electron chi connectivity index (χ0n) is 19.9. The van der Waals surface area contributed by atoms with Crippen LogP contribution in [0.25, 0.3) is 33.2 Å². The molecule has 1 aliphatic heterocycles. The SMILES string of the molecule is COc1ccc(Cn2c3nc4ccccc4nc3c3c(=O)n(Cc4ccc5c(c4)OCO5)cnc32)cc1. The highest BCUT2D eigenvalue weighted by Crippen LogP contribution is 2.33. The molecule has 0 saturated heterocycles. The lowest BCUT2D eigenvalue weighted by Crippen LogP contribution is -2.21. The Hall–Kier alpha value is -4.92. The molecule has 9 heteroatoms. The minimum absolute atomic E-state index is 0.175. The lowest BCUT2D eigenvalue weighted by Gasteiger charge is -2.09. The molecule has 0 saturated carbocycles. The highest BCUT2D eigenvalue weighted by atomic mass is 16.7. The fraction of sp³-hybridized carbons (Fsp3) is 0.143. The third-order valence-electron chi connectivity index (χ3n) is 6.61. The highest BCUT2D eigenvalue weighted by molar-refractivity contribution is 6.04. The van der Waals surface area contributed by atoms with Crippen molar-refractivity contribution in [1.82, 2.24) is 24.1 Å². The van der Waals surface area contributed by atoms with E-state index in [2.05, 4.69) is 0 Å². The maximum atomic E-state index is 13.8. The zero-order chi connectivity index (χ0) is 24.9. The van der Waals surface area contributed by atoms with Gasteiger partial charge in [-0.3, -0.25) is 9.36 Å². The summed E-state index contributed by atoms with van der Waals surface area (Å²) in [5, 5.41) is 0.449. The van der Waals surface area contributed by atoms with Gasteiger partial charge in [0.2, 0.25) is 6.79 Å². The van der Waals surface area contributed by atoms with Crippen molar-refractivity contribution in [3.05, 3.63) is 94.5 Å². The zero-order valence-corrected chi connectivity index (χ0v) is 19.9. The molecule has 182 valence electrons. The second kappa shape index (κ2) is 8.34. The van der Waals surface area contributed by atoms with E-state index in [0.29, 0.717) is 46.8 Å². The molecule has 0 aliphatic carbocycles.